The van der Waals surface area contributed by atoms with Gasteiger partial charge in [-0.25, -0.2) is 23.4 Å². The molecule has 1 saturated heterocycles. The molecule has 3 aromatic heterocycles. The van der Waals surface area contributed by atoms with E-state index in [9.17, 15) is 18.4 Å². The Labute approximate surface area is 291 Å². The number of nitrogens with one attached hydrogen (secondary N) is 1. The van der Waals surface area contributed by atoms with Gasteiger partial charge in [-0.3, -0.25) is 19.5 Å². The summed E-state index contributed by atoms with van der Waals surface area (Å²) in [6.07, 6.45) is 0.199. The molecule has 0 amide bonds. The first kappa shape index (κ1) is 33.5. The SMILES string of the molecule is CCOC(=O)C1C2CN(Cc3ncc(-c4cccc(-c5cccc(Nc6nc(C(F)F)cc7cnn(C)c(=O)c67)c5C)c4Cl)nc3OC)CC21. The van der Waals surface area contributed by atoms with Crippen LogP contribution >= 0.6 is 11.6 Å². The molecule has 0 bridgehead atoms. The molecular weight excluding hydrogens is 668 g/mol. The molecule has 11 nitrogen and oxygen atoms in total. The highest BCUT2D eigenvalue weighted by molar-refractivity contribution is 6.36. The molecule has 258 valence electrons. The fourth-order valence-electron chi connectivity index (χ4n) is 6.95. The van der Waals surface area contributed by atoms with E-state index in [1.165, 1.54) is 19.3 Å². The number of rotatable bonds is 10. The number of ether oxygens (including phenoxy) is 2. The molecule has 2 unspecified atom stereocenters. The van der Waals surface area contributed by atoms with Crippen molar-refractivity contribution < 1.29 is 23.0 Å². The number of halogens is 3. The molecule has 2 aliphatic rings. The van der Waals surface area contributed by atoms with Gasteiger partial charge in [-0.2, -0.15) is 5.10 Å². The van der Waals surface area contributed by atoms with Crippen molar-refractivity contribution in [3.05, 3.63) is 87.2 Å². The smallest absolute Gasteiger partial charge is 0.309 e. The van der Waals surface area contributed by atoms with E-state index in [-0.39, 0.29) is 28.5 Å². The van der Waals surface area contributed by atoms with Crippen LogP contribution in [0.2, 0.25) is 5.02 Å². The van der Waals surface area contributed by atoms with Gasteiger partial charge in [0.1, 0.15) is 17.2 Å². The first-order chi connectivity index (χ1) is 24.1. The molecule has 1 N–H and O–H groups in total. The fraction of sp³-hybridized carbons (Fsp3) is 0.333. The number of carbonyl (C=O) groups is 1. The average molecular weight is 702 g/mol. The van der Waals surface area contributed by atoms with Gasteiger partial charge in [-0.05, 0) is 48.9 Å². The number of likely N-dealkylation sites (tertiary alicyclic amines) is 1. The number of fused-ring (bicyclic) bond motifs is 2. The maximum Gasteiger partial charge on any atom is 0.309 e. The van der Waals surface area contributed by atoms with Gasteiger partial charge in [0.25, 0.3) is 12.0 Å². The highest BCUT2D eigenvalue weighted by Gasteiger charge is 2.60. The van der Waals surface area contributed by atoms with Gasteiger partial charge in [0.05, 0.1) is 48.1 Å². The van der Waals surface area contributed by atoms with Crippen LogP contribution in [-0.2, 0) is 23.1 Å². The Bertz CT molecular complexity index is 2190. The maximum atomic E-state index is 13.8. The zero-order chi connectivity index (χ0) is 35.3. The van der Waals surface area contributed by atoms with Crippen molar-refractivity contribution >= 4 is 39.8 Å². The highest BCUT2D eigenvalue weighted by atomic mass is 35.5. The topological polar surface area (TPSA) is 124 Å². The Kier molecular flexibility index (Phi) is 8.95. The Morgan fingerprint density at radius 1 is 1.08 bits per heavy atom. The average Bonchev–Trinajstić information content (AvgIpc) is 3.62. The maximum absolute atomic E-state index is 13.8. The minimum atomic E-state index is -2.84. The second-order valence-electron chi connectivity index (χ2n) is 12.5. The first-order valence-corrected chi connectivity index (χ1v) is 16.6. The summed E-state index contributed by atoms with van der Waals surface area (Å²) in [5, 5.41) is 7.95. The number of piperidine rings is 1. The molecule has 1 aliphatic heterocycles. The molecule has 50 heavy (non-hydrogen) atoms. The van der Waals surface area contributed by atoms with Crippen LogP contribution in [0.4, 0.5) is 20.3 Å². The third-order valence-electron chi connectivity index (χ3n) is 9.53. The monoisotopic (exact) mass is 701 g/mol. The summed E-state index contributed by atoms with van der Waals surface area (Å²) in [5.41, 5.74) is 3.72. The predicted molar refractivity (Wildman–Crippen MR) is 185 cm³/mol. The van der Waals surface area contributed by atoms with E-state index in [1.54, 1.807) is 25.4 Å². The Morgan fingerprint density at radius 3 is 2.52 bits per heavy atom. The molecule has 7 rings (SSSR count). The van der Waals surface area contributed by atoms with Crippen LogP contribution in [0.3, 0.4) is 0 Å². The number of hydrogen-bond acceptors (Lipinski definition) is 10. The summed E-state index contributed by atoms with van der Waals surface area (Å²) >= 11 is 7.07. The molecule has 2 atom stereocenters. The number of anilines is 2. The van der Waals surface area contributed by atoms with Gasteiger partial charge >= 0.3 is 5.97 Å². The number of pyridine rings is 1. The molecule has 14 heteroatoms. The molecular formula is C36H34ClF2N7O4. The third kappa shape index (κ3) is 6.04. The molecule has 0 spiro atoms. The van der Waals surface area contributed by atoms with Crippen molar-refractivity contribution in [2.75, 3.05) is 32.1 Å². The van der Waals surface area contributed by atoms with Gasteiger partial charge in [-0.1, -0.05) is 41.9 Å². The molecule has 5 aromatic rings. The van der Waals surface area contributed by atoms with E-state index in [2.05, 4.69) is 20.3 Å². The van der Waals surface area contributed by atoms with Gasteiger partial charge in [0, 0.05) is 48.9 Å². The summed E-state index contributed by atoms with van der Waals surface area (Å²) in [4.78, 5) is 41.0. The number of alkyl halides is 2. The van der Waals surface area contributed by atoms with Crippen LogP contribution in [-0.4, -0.2) is 62.4 Å². The molecule has 0 radical (unpaired) electrons. The van der Waals surface area contributed by atoms with E-state index in [4.69, 9.17) is 31.0 Å². The van der Waals surface area contributed by atoms with Crippen molar-refractivity contribution in [2.24, 2.45) is 24.8 Å². The van der Waals surface area contributed by atoms with Crippen LogP contribution in [0.1, 0.15) is 30.3 Å². The lowest BCUT2D eigenvalue weighted by molar-refractivity contribution is -0.145. The quantitative estimate of drug-likeness (QED) is 0.165. The summed E-state index contributed by atoms with van der Waals surface area (Å²) < 4.78 is 39.5. The summed E-state index contributed by atoms with van der Waals surface area (Å²) in [7, 11) is 3.04. The van der Waals surface area contributed by atoms with Crippen molar-refractivity contribution in [3.8, 4) is 28.3 Å². The van der Waals surface area contributed by atoms with E-state index in [1.807, 2.05) is 38.1 Å². The highest BCUT2D eigenvalue weighted by Crippen LogP contribution is 2.52. The summed E-state index contributed by atoms with van der Waals surface area (Å²) in [5.74, 6) is 0.921. The molecule has 1 aliphatic carbocycles. The minimum Gasteiger partial charge on any atom is -0.480 e. The van der Waals surface area contributed by atoms with Gasteiger partial charge in [-0.15, -0.1) is 0 Å². The minimum absolute atomic E-state index is 0.00377. The first-order valence-electron chi connectivity index (χ1n) is 16.2. The second kappa shape index (κ2) is 13.4. The lowest BCUT2D eigenvalue weighted by Crippen LogP contribution is -2.27. The summed E-state index contributed by atoms with van der Waals surface area (Å²) in [6, 6.07) is 12.3. The number of aryl methyl sites for hydroxylation is 1. The lowest BCUT2D eigenvalue weighted by Gasteiger charge is -2.20. The number of aromatic nitrogens is 5. The number of nitrogens with zero attached hydrogens (tertiary/aromatic N) is 6. The van der Waals surface area contributed by atoms with E-state index in [0.717, 1.165) is 28.9 Å². The lowest BCUT2D eigenvalue weighted by atomic mass is 9.96. The van der Waals surface area contributed by atoms with Crippen LogP contribution in [0.5, 0.6) is 5.88 Å². The van der Waals surface area contributed by atoms with Crippen molar-refractivity contribution in [2.45, 2.75) is 26.8 Å². The molecule has 4 heterocycles. The van der Waals surface area contributed by atoms with Crippen LogP contribution in [0.15, 0.2) is 59.7 Å². The van der Waals surface area contributed by atoms with E-state index >= 15 is 0 Å². The van der Waals surface area contributed by atoms with Crippen LogP contribution in [0, 0.1) is 24.7 Å². The zero-order valence-corrected chi connectivity index (χ0v) is 28.5. The largest absolute Gasteiger partial charge is 0.480 e. The number of benzene rings is 2. The number of hydrogen-bond donors (Lipinski definition) is 1. The van der Waals surface area contributed by atoms with Crippen LogP contribution < -0.4 is 15.6 Å². The normalized spacial score (nSPS) is 18.4. The Morgan fingerprint density at radius 2 is 1.80 bits per heavy atom. The van der Waals surface area contributed by atoms with Gasteiger partial charge in [0.2, 0.25) is 5.88 Å². The van der Waals surface area contributed by atoms with E-state index in [0.29, 0.717) is 64.1 Å². The standard InChI is InChI=1S/C36H34ClF2N7O4/c1-5-50-36(48)30-23-15-46(16-24(23)30)17-28-34(49-4)44-27(14-40-28)22-10-6-9-21(31(22)37)20-8-7-11-25(18(20)2)42-33-29-19(12-26(43-33)32(38)39)13-41-45(3)35(29)47/h6-14,23-24,30,32H,5,15-17H2,1-4H3,(H,42,43). The number of esters is 1. The van der Waals surface area contributed by atoms with Gasteiger partial charge < -0.3 is 14.8 Å². The van der Waals surface area contributed by atoms with Crippen molar-refractivity contribution in [1.82, 2.24) is 29.6 Å². The summed E-state index contributed by atoms with van der Waals surface area (Å²) in [6.45, 7) is 6.21. The van der Waals surface area contributed by atoms with Gasteiger partial charge in [0.15, 0.2) is 0 Å². The molecule has 2 fully saturated rings. The fourth-order valence-corrected chi connectivity index (χ4v) is 7.27. The van der Waals surface area contributed by atoms with Crippen molar-refractivity contribution in [1.29, 1.82) is 0 Å². The van der Waals surface area contributed by atoms with Crippen molar-refractivity contribution in [3.63, 3.8) is 0 Å². The Balaban J connectivity index is 1.16. The predicted octanol–water partition coefficient (Wildman–Crippen LogP) is 6.35. The van der Waals surface area contributed by atoms with Crippen LogP contribution in [0.25, 0.3) is 33.2 Å². The Hall–Kier alpha value is -5.01. The number of methoxy groups -OCH3 is 1. The van der Waals surface area contributed by atoms with E-state index < -0.39 is 17.7 Å². The zero-order valence-electron chi connectivity index (χ0n) is 27.8. The molecule has 1 saturated carbocycles. The third-order valence-corrected chi connectivity index (χ3v) is 9.94. The second-order valence-corrected chi connectivity index (χ2v) is 12.9. The molecule has 2 aromatic carbocycles. The number of carbonyl (C=O) groups excluding carboxylic acids is 1.